The van der Waals surface area contributed by atoms with Gasteiger partial charge < -0.3 is 15.2 Å². The van der Waals surface area contributed by atoms with E-state index in [1.54, 1.807) is 0 Å². The van der Waals surface area contributed by atoms with Crippen molar-refractivity contribution in [1.29, 1.82) is 0 Å². The van der Waals surface area contributed by atoms with Gasteiger partial charge in [0, 0.05) is 22.4 Å². The van der Waals surface area contributed by atoms with Gasteiger partial charge >= 0.3 is 5.97 Å². The zero-order chi connectivity index (χ0) is 21.1. The lowest BCUT2D eigenvalue weighted by Crippen LogP contribution is -2.16. The Hall–Kier alpha value is -2.28. The van der Waals surface area contributed by atoms with Crippen LogP contribution in [0.1, 0.15) is 24.8 Å². The fourth-order valence-electron chi connectivity index (χ4n) is 3.02. The van der Waals surface area contributed by atoms with Crippen LogP contribution in [0.2, 0.25) is 15.1 Å². The van der Waals surface area contributed by atoms with Crippen LogP contribution in [0.25, 0.3) is 0 Å². The monoisotopic (exact) mass is 457 g/mol. The number of amides is 1. The first kappa shape index (κ1) is 21.4. The lowest BCUT2D eigenvalue weighted by Gasteiger charge is -2.14. The minimum absolute atomic E-state index is 0.0964. The van der Waals surface area contributed by atoms with Gasteiger partial charge in [-0.3, -0.25) is 4.79 Å². The van der Waals surface area contributed by atoms with Gasteiger partial charge in [-0.05, 0) is 43.5 Å². The van der Waals surface area contributed by atoms with Crippen molar-refractivity contribution in [1.82, 2.24) is 0 Å². The van der Waals surface area contributed by atoms with Gasteiger partial charge in [-0.25, -0.2) is 9.18 Å². The molecule has 1 aliphatic rings. The molecule has 0 saturated heterocycles. The molecule has 0 saturated carbocycles. The molecular formula is C20H15Cl3FNO4. The predicted octanol–water partition coefficient (Wildman–Crippen LogP) is 5.87. The quantitative estimate of drug-likeness (QED) is 0.568. The molecule has 0 aromatic heterocycles. The predicted molar refractivity (Wildman–Crippen MR) is 109 cm³/mol. The van der Waals surface area contributed by atoms with Gasteiger partial charge in [0.25, 0.3) is 5.91 Å². The average molecular weight is 459 g/mol. The van der Waals surface area contributed by atoms with Crippen molar-refractivity contribution in [2.75, 3.05) is 5.32 Å². The van der Waals surface area contributed by atoms with Crippen LogP contribution in [0, 0.1) is 5.82 Å². The number of ether oxygens (including phenoxy) is 1. The smallest absolute Gasteiger partial charge is 0.332 e. The molecule has 1 amide bonds. The molecule has 1 aliphatic carbocycles. The number of halogens is 4. The average Bonchev–Trinajstić information content (AvgIpc) is 3.13. The molecular weight excluding hydrogens is 444 g/mol. The molecule has 152 valence electrons. The SMILES string of the molecule is O=C(O)C1=C(C(=O)Nc2cc(Cl)c(OCc3c(F)cccc3Cl)c(Cl)c2)CCC1. The van der Waals surface area contributed by atoms with E-state index in [-0.39, 0.29) is 49.8 Å². The summed E-state index contributed by atoms with van der Waals surface area (Å²) in [5.41, 5.74) is 0.791. The molecule has 0 bridgehead atoms. The number of benzene rings is 2. The molecule has 0 heterocycles. The Labute approximate surface area is 181 Å². The Morgan fingerprint density at radius 1 is 1.07 bits per heavy atom. The lowest BCUT2D eigenvalue weighted by atomic mass is 10.1. The van der Waals surface area contributed by atoms with E-state index in [1.165, 1.54) is 30.3 Å². The number of nitrogens with one attached hydrogen (secondary N) is 1. The summed E-state index contributed by atoms with van der Waals surface area (Å²) in [6, 6.07) is 7.11. The summed E-state index contributed by atoms with van der Waals surface area (Å²) in [7, 11) is 0. The summed E-state index contributed by atoms with van der Waals surface area (Å²) < 4.78 is 19.4. The van der Waals surface area contributed by atoms with Gasteiger partial charge in [-0.1, -0.05) is 40.9 Å². The first-order chi connectivity index (χ1) is 13.8. The highest BCUT2D eigenvalue weighted by molar-refractivity contribution is 6.37. The number of hydrogen-bond donors (Lipinski definition) is 2. The van der Waals surface area contributed by atoms with E-state index in [9.17, 15) is 19.1 Å². The van der Waals surface area contributed by atoms with E-state index >= 15 is 0 Å². The second-order valence-corrected chi connectivity index (χ2v) is 7.55. The third-order valence-electron chi connectivity index (χ3n) is 4.43. The maximum Gasteiger partial charge on any atom is 0.332 e. The Kier molecular flexibility index (Phi) is 6.67. The van der Waals surface area contributed by atoms with Crippen molar-refractivity contribution in [3.05, 3.63) is 67.9 Å². The summed E-state index contributed by atoms with van der Waals surface area (Å²) in [6.45, 7) is -0.189. The molecule has 0 fully saturated rings. The van der Waals surface area contributed by atoms with Gasteiger partial charge in [0.05, 0.1) is 15.1 Å². The summed E-state index contributed by atoms with van der Waals surface area (Å²) in [5, 5.41) is 12.2. The molecule has 2 aromatic rings. The number of carbonyl (C=O) groups is 2. The fraction of sp³-hybridized carbons (Fsp3) is 0.200. The maximum absolute atomic E-state index is 13.9. The molecule has 0 aliphatic heterocycles. The normalized spacial score (nSPS) is 13.5. The van der Waals surface area contributed by atoms with Crippen LogP contribution in [0.15, 0.2) is 41.5 Å². The van der Waals surface area contributed by atoms with Crippen molar-refractivity contribution >= 4 is 52.4 Å². The Balaban J connectivity index is 1.77. The molecule has 2 aromatic carbocycles. The van der Waals surface area contributed by atoms with Gasteiger partial charge in [0.15, 0.2) is 5.75 Å². The molecule has 9 heteroatoms. The number of carboxylic acids is 1. The molecule has 0 atom stereocenters. The standard InChI is InChI=1S/C20H15Cl3FNO4/c21-14-5-2-6-17(24)13(14)9-29-18-15(22)7-10(8-16(18)23)25-19(26)11-3-1-4-12(11)20(27)28/h2,5-8H,1,3-4,9H2,(H,25,26)(H,27,28). The summed E-state index contributed by atoms with van der Waals surface area (Å²) in [5.74, 6) is -2.03. The van der Waals surface area contributed by atoms with Crippen molar-refractivity contribution in [2.24, 2.45) is 0 Å². The summed E-state index contributed by atoms with van der Waals surface area (Å²) >= 11 is 18.4. The Morgan fingerprint density at radius 2 is 1.72 bits per heavy atom. The van der Waals surface area contributed by atoms with Crippen LogP contribution < -0.4 is 10.1 Å². The molecule has 3 rings (SSSR count). The van der Waals surface area contributed by atoms with Crippen LogP contribution >= 0.6 is 34.8 Å². The maximum atomic E-state index is 13.9. The number of rotatable bonds is 6. The number of carboxylic acid groups (broad SMARTS) is 1. The number of aliphatic carboxylic acids is 1. The first-order valence-corrected chi connectivity index (χ1v) is 9.72. The van der Waals surface area contributed by atoms with E-state index in [4.69, 9.17) is 39.5 Å². The van der Waals surface area contributed by atoms with Crippen LogP contribution in [0.3, 0.4) is 0 Å². The topological polar surface area (TPSA) is 75.6 Å². The van der Waals surface area contributed by atoms with Crippen molar-refractivity contribution in [2.45, 2.75) is 25.9 Å². The zero-order valence-corrected chi connectivity index (χ0v) is 17.2. The lowest BCUT2D eigenvalue weighted by molar-refractivity contribution is -0.133. The highest BCUT2D eigenvalue weighted by Gasteiger charge is 2.25. The number of carbonyl (C=O) groups excluding carboxylic acids is 1. The third kappa shape index (κ3) is 4.83. The minimum Gasteiger partial charge on any atom is -0.486 e. The van der Waals surface area contributed by atoms with Crippen molar-refractivity contribution in [3.8, 4) is 5.75 Å². The second kappa shape index (κ2) is 9.03. The van der Waals surface area contributed by atoms with E-state index < -0.39 is 17.7 Å². The van der Waals surface area contributed by atoms with Crippen LogP contribution in [-0.2, 0) is 16.2 Å². The van der Waals surface area contributed by atoms with Crippen molar-refractivity contribution in [3.63, 3.8) is 0 Å². The minimum atomic E-state index is -1.10. The highest BCUT2D eigenvalue weighted by Crippen LogP contribution is 2.37. The van der Waals surface area contributed by atoms with E-state index in [0.717, 1.165) is 0 Å². The highest BCUT2D eigenvalue weighted by atomic mass is 35.5. The van der Waals surface area contributed by atoms with Gasteiger partial charge in [-0.15, -0.1) is 0 Å². The second-order valence-electron chi connectivity index (χ2n) is 6.33. The fourth-order valence-corrected chi connectivity index (χ4v) is 3.84. The molecule has 0 unspecified atom stereocenters. The van der Waals surface area contributed by atoms with E-state index in [0.29, 0.717) is 19.3 Å². The Morgan fingerprint density at radius 3 is 2.34 bits per heavy atom. The van der Waals surface area contributed by atoms with E-state index in [1.807, 2.05) is 0 Å². The Bertz CT molecular complexity index is 980. The number of hydrogen-bond acceptors (Lipinski definition) is 3. The molecule has 29 heavy (non-hydrogen) atoms. The van der Waals surface area contributed by atoms with Gasteiger partial charge in [0.2, 0.25) is 0 Å². The van der Waals surface area contributed by atoms with Crippen LogP contribution in [-0.4, -0.2) is 17.0 Å². The number of anilines is 1. The first-order valence-electron chi connectivity index (χ1n) is 8.59. The van der Waals surface area contributed by atoms with Gasteiger partial charge in [0.1, 0.15) is 12.4 Å². The van der Waals surface area contributed by atoms with Crippen LogP contribution in [0.5, 0.6) is 5.75 Å². The molecule has 0 spiro atoms. The molecule has 2 N–H and O–H groups in total. The van der Waals surface area contributed by atoms with Gasteiger partial charge in [-0.2, -0.15) is 0 Å². The zero-order valence-electron chi connectivity index (χ0n) is 14.9. The third-order valence-corrected chi connectivity index (χ3v) is 5.34. The summed E-state index contributed by atoms with van der Waals surface area (Å²) in [6.07, 6.45) is 1.35. The van der Waals surface area contributed by atoms with Crippen LogP contribution in [0.4, 0.5) is 10.1 Å². The largest absolute Gasteiger partial charge is 0.486 e. The molecule has 5 nitrogen and oxygen atoms in total. The summed E-state index contributed by atoms with van der Waals surface area (Å²) in [4.78, 5) is 23.6. The van der Waals surface area contributed by atoms with Crippen molar-refractivity contribution < 1.29 is 23.8 Å². The van der Waals surface area contributed by atoms with E-state index in [2.05, 4.69) is 5.32 Å². The molecule has 0 radical (unpaired) electrons.